The largest absolute Gasteiger partial charge is 0.468 e. The molecule has 1 atom stereocenters. The van der Waals surface area contributed by atoms with E-state index in [9.17, 15) is 8.78 Å². The Labute approximate surface area is 226 Å². The van der Waals surface area contributed by atoms with E-state index in [4.69, 9.17) is 15.0 Å². The molecule has 0 radical (unpaired) electrons. The summed E-state index contributed by atoms with van der Waals surface area (Å²) < 4.78 is 34.0. The molecular weight excluding hydrogens is 500 g/mol. The number of fused-ring (bicyclic) bond motifs is 2. The second kappa shape index (κ2) is 11.3. The van der Waals surface area contributed by atoms with Gasteiger partial charge in [-0.1, -0.05) is 24.6 Å². The Kier molecular flexibility index (Phi) is 7.61. The number of hydrogen-bond donors (Lipinski definition) is 1. The topological polar surface area (TPSA) is 81.7 Å². The van der Waals surface area contributed by atoms with Gasteiger partial charge in [-0.05, 0) is 62.8 Å². The Morgan fingerprint density at radius 2 is 1.77 bits per heavy atom. The van der Waals surface area contributed by atoms with Crippen LogP contribution in [0.2, 0.25) is 0 Å². The summed E-state index contributed by atoms with van der Waals surface area (Å²) >= 11 is 0. The summed E-state index contributed by atoms with van der Waals surface area (Å²) in [5.41, 5.74) is 5.35. The molecule has 0 bridgehead atoms. The molecular formula is C29H31F2N7O. The molecule has 1 unspecified atom stereocenters. The number of aromatic nitrogens is 3. The highest BCUT2D eigenvalue weighted by Crippen LogP contribution is 2.42. The number of nitrogens with zero attached hydrogens (tertiary/aromatic N) is 6. The minimum Gasteiger partial charge on any atom is -0.468 e. The minimum absolute atomic E-state index is 0.359. The molecule has 1 fully saturated rings. The molecule has 10 heteroatoms. The van der Waals surface area contributed by atoms with Crippen LogP contribution < -0.4 is 15.0 Å². The van der Waals surface area contributed by atoms with E-state index in [1.807, 2.05) is 30.3 Å². The average molecular weight is 532 g/mol. The maximum Gasteiger partial charge on any atom is 0.302 e. The zero-order valence-electron chi connectivity index (χ0n) is 22.2. The lowest BCUT2D eigenvalue weighted by molar-refractivity contribution is 0.126. The smallest absolute Gasteiger partial charge is 0.302 e. The number of nitriles is 1. The molecule has 0 spiro atoms. The van der Waals surface area contributed by atoms with Gasteiger partial charge >= 0.3 is 6.01 Å². The number of likely N-dealkylation sites (tertiary alicyclic amines) is 1. The summed E-state index contributed by atoms with van der Waals surface area (Å²) in [5, 5.41) is 12.0. The first-order valence-corrected chi connectivity index (χ1v) is 12.9. The van der Waals surface area contributed by atoms with Gasteiger partial charge in [-0.2, -0.15) is 10.2 Å². The highest BCUT2D eigenvalue weighted by Gasteiger charge is 2.33. The van der Waals surface area contributed by atoms with Gasteiger partial charge in [0.15, 0.2) is 11.8 Å². The number of hydrogen-bond acceptors (Lipinski definition) is 7. The van der Waals surface area contributed by atoms with Gasteiger partial charge < -0.3 is 19.9 Å². The van der Waals surface area contributed by atoms with Crippen molar-refractivity contribution >= 4 is 17.0 Å². The normalized spacial score (nSPS) is 16.8. The quantitative estimate of drug-likeness (QED) is 0.373. The zero-order chi connectivity index (χ0) is 27.5. The van der Waals surface area contributed by atoms with Gasteiger partial charge in [0.2, 0.25) is 0 Å². The molecule has 202 valence electrons. The summed E-state index contributed by atoms with van der Waals surface area (Å²) in [6.07, 6.45) is 4.06. The van der Waals surface area contributed by atoms with Crippen molar-refractivity contribution in [2.45, 2.75) is 31.9 Å². The van der Waals surface area contributed by atoms with E-state index in [2.05, 4.69) is 28.3 Å². The van der Waals surface area contributed by atoms with Crippen LogP contribution in [0.3, 0.4) is 0 Å². The summed E-state index contributed by atoms with van der Waals surface area (Å²) in [7, 11) is 5.36. The minimum atomic E-state index is -2.54. The molecule has 4 heterocycles. The second-order valence-electron chi connectivity index (χ2n) is 9.76. The Morgan fingerprint density at radius 1 is 1.05 bits per heavy atom. The van der Waals surface area contributed by atoms with E-state index < -0.39 is 12.6 Å². The van der Waals surface area contributed by atoms with Crippen molar-refractivity contribution in [3.63, 3.8) is 0 Å². The van der Waals surface area contributed by atoms with E-state index >= 15 is 0 Å². The fourth-order valence-electron chi connectivity index (χ4n) is 5.08. The molecule has 2 aliphatic rings. The number of imidazole rings is 1. The van der Waals surface area contributed by atoms with Crippen molar-refractivity contribution in [3.8, 4) is 34.5 Å². The van der Waals surface area contributed by atoms with E-state index in [-0.39, 0.29) is 0 Å². The molecule has 2 aromatic heterocycles. The van der Waals surface area contributed by atoms with E-state index in [1.165, 1.54) is 44.4 Å². The van der Waals surface area contributed by atoms with Gasteiger partial charge in [0.25, 0.3) is 6.43 Å². The Morgan fingerprint density at radius 3 is 2.38 bits per heavy atom. The fraction of sp³-hybridized carbons (Fsp3) is 0.345. The first-order chi connectivity index (χ1) is 18.9. The van der Waals surface area contributed by atoms with Gasteiger partial charge in [0, 0.05) is 25.0 Å². The standard InChI is InChI=1S/C23H18F2N6O.C6H13N/c1-30-17-8-7-15(11-16(17)28-22(30)20(24)25)18-19(14-5-3-13(12-26)4-6-14)29-23(32-2)31-10-9-27-21(18)31;1-7-5-3-2-4-6-7/h3-11,20,22,28H,1-2H3;2-6H2,1H3. The van der Waals surface area contributed by atoms with Crippen LogP contribution in [0.4, 0.5) is 20.2 Å². The van der Waals surface area contributed by atoms with Crippen molar-refractivity contribution in [2.24, 2.45) is 0 Å². The molecule has 6 rings (SSSR count). The van der Waals surface area contributed by atoms with Crippen LogP contribution in [0.15, 0.2) is 54.9 Å². The third kappa shape index (κ3) is 5.22. The van der Waals surface area contributed by atoms with Crippen LogP contribution in [-0.4, -0.2) is 66.2 Å². The number of ether oxygens (including phenoxy) is 1. The number of alkyl halides is 2. The third-order valence-corrected chi connectivity index (χ3v) is 7.19. The second-order valence-corrected chi connectivity index (χ2v) is 9.76. The molecule has 0 amide bonds. The number of methoxy groups -OCH3 is 1. The molecule has 1 saturated heterocycles. The fourth-order valence-corrected chi connectivity index (χ4v) is 5.08. The van der Waals surface area contributed by atoms with Crippen LogP contribution in [-0.2, 0) is 0 Å². The van der Waals surface area contributed by atoms with Gasteiger partial charge in [0.1, 0.15) is 0 Å². The SMILES string of the molecule is CN1CCCCC1.COc1nc(-c2ccc(C#N)cc2)c(-c2ccc3c(c2)NC(C(F)F)N3C)c2nccn12. The molecule has 0 aliphatic carbocycles. The van der Waals surface area contributed by atoms with Crippen molar-refractivity contribution < 1.29 is 13.5 Å². The summed E-state index contributed by atoms with van der Waals surface area (Å²) in [6, 6.07) is 15.0. The number of anilines is 2. The lowest BCUT2D eigenvalue weighted by Gasteiger charge is -2.20. The number of halogens is 2. The van der Waals surface area contributed by atoms with Crippen LogP contribution in [0.1, 0.15) is 24.8 Å². The molecule has 8 nitrogen and oxygen atoms in total. The monoisotopic (exact) mass is 531 g/mol. The van der Waals surface area contributed by atoms with E-state index in [0.717, 1.165) is 16.7 Å². The van der Waals surface area contributed by atoms with Crippen molar-refractivity contribution in [2.75, 3.05) is 44.5 Å². The molecule has 2 aliphatic heterocycles. The molecule has 2 aromatic carbocycles. The molecule has 4 aromatic rings. The van der Waals surface area contributed by atoms with Crippen LogP contribution in [0.5, 0.6) is 6.01 Å². The average Bonchev–Trinajstić information content (AvgIpc) is 3.58. The molecule has 0 saturated carbocycles. The predicted octanol–water partition coefficient (Wildman–Crippen LogP) is 5.50. The van der Waals surface area contributed by atoms with E-state index in [0.29, 0.717) is 34.3 Å². The summed E-state index contributed by atoms with van der Waals surface area (Å²) in [6.45, 7) is 2.64. The first-order valence-electron chi connectivity index (χ1n) is 12.9. The summed E-state index contributed by atoms with van der Waals surface area (Å²) in [4.78, 5) is 13.2. The Balaban J connectivity index is 0.000000384. The molecule has 1 N–H and O–H groups in total. The van der Waals surface area contributed by atoms with Crippen molar-refractivity contribution in [1.82, 2.24) is 19.3 Å². The highest BCUT2D eigenvalue weighted by atomic mass is 19.3. The van der Waals surface area contributed by atoms with Crippen molar-refractivity contribution in [1.29, 1.82) is 5.26 Å². The predicted molar refractivity (Wildman–Crippen MR) is 148 cm³/mol. The Bertz CT molecular complexity index is 1490. The van der Waals surface area contributed by atoms with E-state index in [1.54, 1.807) is 36.0 Å². The van der Waals surface area contributed by atoms with Crippen LogP contribution >= 0.6 is 0 Å². The Hall–Kier alpha value is -4.23. The highest BCUT2D eigenvalue weighted by molar-refractivity contribution is 5.93. The van der Waals surface area contributed by atoms with Gasteiger partial charge in [-0.15, -0.1) is 0 Å². The lowest BCUT2D eigenvalue weighted by Crippen LogP contribution is -2.38. The number of rotatable bonds is 4. The van der Waals surface area contributed by atoms with Crippen molar-refractivity contribution in [3.05, 3.63) is 60.4 Å². The third-order valence-electron chi connectivity index (χ3n) is 7.19. The number of piperidine rings is 1. The maximum absolute atomic E-state index is 13.4. The van der Waals surface area contributed by atoms with Gasteiger partial charge in [-0.25, -0.2) is 13.8 Å². The number of benzene rings is 2. The van der Waals surface area contributed by atoms with Gasteiger partial charge in [-0.3, -0.25) is 4.40 Å². The van der Waals surface area contributed by atoms with Crippen LogP contribution in [0.25, 0.3) is 28.0 Å². The summed E-state index contributed by atoms with van der Waals surface area (Å²) in [5.74, 6) is 0. The van der Waals surface area contributed by atoms with Gasteiger partial charge in [0.05, 0.1) is 41.4 Å². The lowest BCUT2D eigenvalue weighted by atomic mass is 9.98. The maximum atomic E-state index is 13.4. The zero-order valence-corrected chi connectivity index (χ0v) is 22.2. The molecule has 39 heavy (non-hydrogen) atoms. The van der Waals surface area contributed by atoms with Crippen LogP contribution in [0, 0.1) is 11.3 Å². The number of nitrogens with one attached hydrogen (secondary N) is 1. The first kappa shape index (κ1) is 26.4.